The number of nitrogens with zero attached hydrogens (tertiary/aromatic N) is 3. The molecule has 152 valence electrons. The average molecular weight is 428 g/mol. The maximum atomic E-state index is 13.1. The second kappa shape index (κ2) is 6.94. The summed E-state index contributed by atoms with van der Waals surface area (Å²) in [6.45, 7) is 0. The van der Waals surface area contributed by atoms with Gasteiger partial charge in [-0.1, -0.05) is 29.5 Å². The van der Waals surface area contributed by atoms with Crippen molar-refractivity contribution in [2.24, 2.45) is 0 Å². The Bertz CT molecular complexity index is 1240. The highest BCUT2D eigenvalue weighted by Crippen LogP contribution is 2.35. The van der Waals surface area contributed by atoms with Crippen LogP contribution in [0.2, 0.25) is 0 Å². The molecule has 30 heavy (non-hydrogen) atoms. The van der Waals surface area contributed by atoms with Crippen molar-refractivity contribution in [3.8, 4) is 5.13 Å². The number of para-hydroxylation sites is 1. The van der Waals surface area contributed by atoms with E-state index in [-0.39, 0.29) is 17.3 Å². The number of hydrogen-bond donors (Lipinski definition) is 1. The fraction of sp³-hybridized carbons (Fsp3) is 0.190. The second-order valence-corrected chi connectivity index (χ2v) is 8.04. The van der Waals surface area contributed by atoms with Crippen molar-refractivity contribution in [2.45, 2.75) is 25.4 Å². The Morgan fingerprint density at radius 3 is 2.70 bits per heavy atom. The van der Waals surface area contributed by atoms with Gasteiger partial charge in [-0.25, -0.2) is 9.67 Å². The minimum atomic E-state index is -4.45. The van der Waals surface area contributed by atoms with E-state index < -0.39 is 11.7 Å². The number of hydrogen-bond acceptors (Lipinski definition) is 5. The van der Waals surface area contributed by atoms with E-state index in [2.05, 4.69) is 15.4 Å². The first-order chi connectivity index (χ1) is 14.4. The number of aromatic nitrogens is 3. The lowest BCUT2D eigenvalue weighted by Crippen LogP contribution is -2.13. The smallest absolute Gasteiger partial charge is 0.338 e. The number of fused-ring (bicyclic) bond motifs is 2. The van der Waals surface area contributed by atoms with Crippen LogP contribution in [0.3, 0.4) is 0 Å². The first-order valence-corrected chi connectivity index (χ1v) is 10.2. The van der Waals surface area contributed by atoms with E-state index >= 15 is 0 Å². The van der Waals surface area contributed by atoms with E-state index in [1.54, 1.807) is 4.68 Å². The molecule has 0 radical (unpaired) electrons. The van der Waals surface area contributed by atoms with E-state index in [0.717, 1.165) is 28.0 Å². The lowest BCUT2D eigenvalue weighted by Gasteiger charge is -2.13. The van der Waals surface area contributed by atoms with Gasteiger partial charge in [0.05, 0.1) is 27.0 Å². The van der Waals surface area contributed by atoms with Crippen LogP contribution in [-0.2, 0) is 12.6 Å². The third kappa shape index (κ3) is 3.24. The van der Waals surface area contributed by atoms with Crippen LogP contribution in [0, 0.1) is 0 Å². The van der Waals surface area contributed by atoms with Gasteiger partial charge >= 0.3 is 6.18 Å². The molecule has 0 bridgehead atoms. The highest BCUT2D eigenvalue weighted by molar-refractivity contribution is 7.20. The summed E-state index contributed by atoms with van der Waals surface area (Å²) in [5.74, 6) is 0.186. The molecule has 0 fully saturated rings. The number of carbonyl (C=O) groups excluding carboxylic acids is 1. The highest BCUT2D eigenvalue weighted by atomic mass is 32.1. The van der Waals surface area contributed by atoms with Gasteiger partial charge in [-0.15, -0.1) is 5.10 Å². The normalized spacial score (nSPS) is 14.2. The van der Waals surface area contributed by atoms with Crippen LogP contribution >= 0.6 is 11.3 Å². The maximum absolute atomic E-state index is 13.1. The lowest BCUT2D eigenvalue weighted by molar-refractivity contribution is -0.137. The molecule has 2 heterocycles. The summed E-state index contributed by atoms with van der Waals surface area (Å²) in [6, 6.07) is 12.5. The van der Waals surface area contributed by atoms with Crippen molar-refractivity contribution in [3.63, 3.8) is 0 Å². The SMILES string of the molecule is O=C1CCCc2c1c(Nc1cccc(C(F)(F)F)c1)nn2-c1nc2ccccc2s1. The molecule has 2 aromatic heterocycles. The highest BCUT2D eigenvalue weighted by Gasteiger charge is 2.31. The third-order valence-electron chi connectivity index (χ3n) is 4.99. The Morgan fingerprint density at radius 1 is 1.07 bits per heavy atom. The summed E-state index contributed by atoms with van der Waals surface area (Å²) in [6.07, 6.45) is -2.72. The first-order valence-electron chi connectivity index (χ1n) is 9.35. The van der Waals surface area contributed by atoms with Crippen LogP contribution in [0.5, 0.6) is 0 Å². The van der Waals surface area contributed by atoms with Crippen molar-refractivity contribution in [2.75, 3.05) is 5.32 Å². The summed E-state index contributed by atoms with van der Waals surface area (Å²) in [7, 11) is 0. The van der Waals surface area contributed by atoms with Gasteiger partial charge in [-0.3, -0.25) is 4.79 Å². The predicted molar refractivity (Wildman–Crippen MR) is 109 cm³/mol. The van der Waals surface area contributed by atoms with Crippen molar-refractivity contribution < 1.29 is 18.0 Å². The maximum Gasteiger partial charge on any atom is 0.416 e. The molecule has 1 N–H and O–H groups in total. The average Bonchev–Trinajstić information content (AvgIpc) is 3.30. The molecular weight excluding hydrogens is 413 g/mol. The summed E-state index contributed by atoms with van der Waals surface area (Å²) in [5.41, 5.74) is 1.45. The van der Waals surface area contributed by atoms with Gasteiger partial charge in [0.25, 0.3) is 0 Å². The minimum absolute atomic E-state index is 0.0712. The van der Waals surface area contributed by atoms with Crippen molar-refractivity contribution in [1.29, 1.82) is 0 Å². The van der Waals surface area contributed by atoms with Gasteiger partial charge < -0.3 is 5.32 Å². The third-order valence-corrected chi connectivity index (χ3v) is 6.01. The standard InChI is InChI=1S/C21H15F3N4OS/c22-21(23,24)12-5-3-6-13(11-12)25-19-18-15(8-4-9-16(18)29)28(27-19)20-26-14-7-1-2-10-17(14)30-20/h1-3,5-7,10-11H,4,8-9H2,(H,25,27). The number of thiazole rings is 1. The van der Waals surface area contributed by atoms with Gasteiger partial charge in [-0.05, 0) is 43.2 Å². The molecule has 0 atom stereocenters. The van der Waals surface area contributed by atoms with E-state index in [1.165, 1.54) is 23.5 Å². The molecule has 0 aliphatic heterocycles. The number of ketones is 1. The summed E-state index contributed by atoms with van der Waals surface area (Å²) in [5, 5.41) is 8.09. The van der Waals surface area contributed by atoms with Gasteiger partial charge in [0.1, 0.15) is 0 Å². The summed E-state index contributed by atoms with van der Waals surface area (Å²) in [4.78, 5) is 17.3. The van der Waals surface area contributed by atoms with Crippen LogP contribution in [0.4, 0.5) is 24.7 Å². The zero-order valence-electron chi connectivity index (χ0n) is 15.5. The Kier molecular flexibility index (Phi) is 4.35. The predicted octanol–water partition coefficient (Wildman–Crippen LogP) is 5.76. The fourth-order valence-electron chi connectivity index (χ4n) is 3.62. The summed E-state index contributed by atoms with van der Waals surface area (Å²) >= 11 is 1.45. The summed E-state index contributed by atoms with van der Waals surface area (Å²) < 4.78 is 41.8. The van der Waals surface area contributed by atoms with Crippen molar-refractivity contribution in [3.05, 3.63) is 65.4 Å². The number of Topliss-reactive ketones (excluding diaryl/α,β-unsaturated/α-hetero) is 1. The zero-order valence-corrected chi connectivity index (χ0v) is 16.3. The number of halogens is 3. The van der Waals surface area contributed by atoms with E-state index in [0.29, 0.717) is 30.0 Å². The lowest BCUT2D eigenvalue weighted by atomic mass is 9.96. The molecule has 0 amide bonds. The molecular formula is C21H15F3N4OS. The van der Waals surface area contributed by atoms with Crippen LogP contribution in [0.1, 0.15) is 34.5 Å². The number of anilines is 2. The van der Waals surface area contributed by atoms with E-state index in [1.807, 2.05) is 24.3 Å². The van der Waals surface area contributed by atoms with Crippen LogP contribution in [0.25, 0.3) is 15.3 Å². The molecule has 1 aliphatic carbocycles. The Labute approximate surface area is 173 Å². The number of alkyl halides is 3. The van der Waals surface area contributed by atoms with Crippen LogP contribution in [-0.4, -0.2) is 20.5 Å². The molecule has 0 saturated carbocycles. The minimum Gasteiger partial charge on any atom is -0.338 e. The monoisotopic (exact) mass is 428 g/mol. The Hall–Kier alpha value is -3.20. The van der Waals surface area contributed by atoms with Crippen LogP contribution in [0.15, 0.2) is 48.5 Å². The number of nitrogens with one attached hydrogen (secondary N) is 1. The van der Waals surface area contributed by atoms with E-state index in [4.69, 9.17) is 0 Å². The molecule has 5 rings (SSSR count). The first kappa shape index (κ1) is 18.8. The number of carbonyl (C=O) groups is 1. The Balaban J connectivity index is 1.60. The molecule has 4 aromatic rings. The quantitative estimate of drug-likeness (QED) is 0.451. The molecule has 0 unspecified atom stereocenters. The van der Waals surface area contributed by atoms with Crippen molar-refractivity contribution in [1.82, 2.24) is 14.8 Å². The van der Waals surface area contributed by atoms with Gasteiger partial charge in [0, 0.05) is 12.1 Å². The Morgan fingerprint density at radius 2 is 1.90 bits per heavy atom. The van der Waals surface area contributed by atoms with Crippen molar-refractivity contribution >= 4 is 38.8 Å². The molecule has 9 heteroatoms. The zero-order chi connectivity index (χ0) is 20.9. The molecule has 1 aliphatic rings. The largest absolute Gasteiger partial charge is 0.416 e. The number of benzene rings is 2. The van der Waals surface area contributed by atoms with Gasteiger partial charge in [0.15, 0.2) is 11.6 Å². The second-order valence-electron chi connectivity index (χ2n) is 7.03. The molecule has 0 spiro atoms. The topological polar surface area (TPSA) is 59.8 Å². The van der Waals surface area contributed by atoms with E-state index in [9.17, 15) is 18.0 Å². The van der Waals surface area contributed by atoms with Crippen LogP contribution < -0.4 is 5.32 Å². The number of rotatable bonds is 3. The fourth-order valence-corrected chi connectivity index (χ4v) is 4.57. The van der Waals surface area contributed by atoms with Gasteiger partial charge in [0.2, 0.25) is 5.13 Å². The molecule has 2 aromatic carbocycles. The molecule has 0 saturated heterocycles. The van der Waals surface area contributed by atoms with Gasteiger partial charge in [-0.2, -0.15) is 13.2 Å². The molecule has 5 nitrogen and oxygen atoms in total.